The van der Waals surface area contributed by atoms with Gasteiger partial charge in [-0.3, -0.25) is 14.9 Å². The topological polar surface area (TPSA) is 109 Å². The zero-order valence-electron chi connectivity index (χ0n) is 16.8. The Labute approximate surface area is 192 Å². The van der Waals surface area contributed by atoms with Gasteiger partial charge in [0.05, 0.1) is 10.7 Å². The maximum atomic E-state index is 13.0. The quantitative estimate of drug-likeness (QED) is 0.610. The van der Waals surface area contributed by atoms with E-state index in [1.54, 1.807) is 41.3 Å². The number of carbonyl (C=O) groups is 2. The standard InChI is InChI=1S/C21H19ClN6O3S/c22-14-4-1-2-5-15(14)23-19(30)18-20(32-26-25-18)24-21(31)27-9-12-8-13(11-27)16-6-3-7-17(29)28(16)10-12/h1-7,12-13H,8-11H2,(H,23,30)(H,24,31). The minimum absolute atomic E-state index is 0.00000882. The van der Waals surface area contributed by atoms with Crippen molar-refractivity contribution in [3.63, 3.8) is 0 Å². The molecule has 0 aliphatic carbocycles. The lowest BCUT2D eigenvalue weighted by Gasteiger charge is -2.42. The van der Waals surface area contributed by atoms with E-state index in [4.69, 9.17) is 11.6 Å². The Bertz CT molecular complexity index is 1260. The highest BCUT2D eigenvalue weighted by atomic mass is 35.5. The van der Waals surface area contributed by atoms with Crippen LogP contribution >= 0.6 is 23.1 Å². The number of benzene rings is 1. The van der Waals surface area contributed by atoms with Gasteiger partial charge in [0.15, 0.2) is 10.7 Å². The van der Waals surface area contributed by atoms with Crippen molar-refractivity contribution >= 4 is 45.8 Å². The molecular formula is C21H19ClN6O3S. The third-order valence-corrected chi connectivity index (χ3v) is 6.78. The van der Waals surface area contributed by atoms with Gasteiger partial charge in [0.1, 0.15) is 0 Å². The van der Waals surface area contributed by atoms with Crippen molar-refractivity contribution in [3.8, 4) is 0 Å². The summed E-state index contributed by atoms with van der Waals surface area (Å²) in [7, 11) is 0. The van der Waals surface area contributed by atoms with Gasteiger partial charge in [-0.05, 0) is 30.5 Å². The molecule has 1 fully saturated rings. The minimum atomic E-state index is -0.508. The lowest BCUT2D eigenvalue weighted by atomic mass is 9.83. The van der Waals surface area contributed by atoms with E-state index < -0.39 is 5.91 Å². The second-order valence-corrected chi connectivity index (χ2v) is 9.08. The number of likely N-dealkylation sites (tertiary alicyclic amines) is 1. The number of nitrogens with zero attached hydrogens (tertiary/aromatic N) is 4. The highest BCUT2D eigenvalue weighted by Gasteiger charge is 2.36. The third-order valence-electron chi connectivity index (χ3n) is 5.81. The van der Waals surface area contributed by atoms with Crippen molar-refractivity contribution < 1.29 is 9.59 Å². The number of urea groups is 1. The van der Waals surface area contributed by atoms with E-state index in [2.05, 4.69) is 20.2 Å². The van der Waals surface area contributed by atoms with Crippen LogP contribution in [-0.2, 0) is 6.54 Å². The summed E-state index contributed by atoms with van der Waals surface area (Å²) in [6.07, 6.45) is 0.945. The number of hydrogen-bond donors (Lipinski definition) is 2. The Hall–Kier alpha value is -3.24. The predicted octanol–water partition coefficient (Wildman–Crippen LogP) is 3.26. The smallest absolute Gasteiger partial charge is 0.322 e. The van der Waals surface area contributed by atoms with Crippen LogP contribution in [0, 0.1) is 5.92 Å². The van der Waals surface area contributed by atoms with Crippen LogP contribution in [-0.4, -0.2) is 44.1 Å². The number of para-hydroxylation sites is 1. The summed E-state index contributed by atoms with van der Waals surface area (Å²) in [6, 6.07) is 11.8. The number of halogens is 1. The number of nitrogens with one attached hydrogen (secondary N) is 2. The van der Waals surface area contributed by atoms with Gasteiger partial charge in [0.2, 0.25) is 0 Å². The summed E-state index contributed by atoms with van der Waals surface area (Å²) >= 11 is 7.04. The van der Waals surface area contributed by atoms with Crippen molar-refractivity contribution in [1.82, 2.24) is 19.1 Å². The average Bonchev–Trinajstić information content (AvgIpc) is 3.24. The van der Waals surface area contributed by atoms with E-state index >= 15 is 0 Å². The van der Waals surface area contributed by atoms with Crippen LogP contribution in [0.5, 0.6) is 0 Å². The fourth-order valence-electron chi connectivity index (χ4n) is 4.40. The van der Waals surface area contributed by atoms with Gasteiger partial charge >= 0.3 is 6.03 Å². The van der Waals surface area contributed by atoms with Gasteiger partial charge in [0.25, 0.3) is 11.5 Å². The molecule has 1 aromatic carbocycles. The van der Waals surface area contributed by atoms with Crippen LogP contribution in [0.1, 0.15) is 28.5 Å². The lowest BCUT2D eigenvalue weighted by molar-refractivity contribution is 0.102. The van der Waals surface area contributed by atoms with Gasteiger partial charge in [-0.2, -0.15) is 0 Å². The van der Waals surface area contributed by atoms with Gasteiger partial charge < -0.3 is 14.8 Å². The highest BCUT2D eigenvalue weighted by Crippen LogP contribution is 2.35. The first kappa shape index (κ1) is 20.7. The summed E-state index contributed by atoms with van der Waals surface area (Å²) in [5.74, 6) is -0.203. The molecule has 2 N–H and O–H groups in total. The molecule has 4 heterocycles. The molecule has 164 valence electrons. The minimum Gasteiger partial charge on any atom is -0.323 e. The number of pyridine rings is 1. The van der Waals surface area contributed by atoms with Gasteiger partial charge in [-0.15, -0.1) is 5.10 Å². The molecule has 3 aromatic rings. The van der Waals surface area contributed by atoms with Crippen LogP contribution < -0.4 is 16.2 Å². The number of anilines is 2. The second kappa shape index (κ2) is 8.36. The van der Waals surface area contributed by atoms with E-state index in [0.29, 0.717) is 30.3 Å². The van der Waals surface area contributed by atoms with E-state index in [1.807, 2.05) is 10.6 Å². The molecule has 9 nitrogen and oxygen atoms in total. The maximum Gasteiger partial charge on any atom is 0.322 e. The summed E-state index contributed by atoms with van der Waals surface area (Å²) in [6.45, 7) is 1.64. The Morgan fingerprint density at radius 3 is 2.75 bits per heavy atom. The number of hydrogen-bond acceptors (Lipinski definition) is 6. The van der Waals surface area contributed by atoms with Crippen LogP contribution in [0.3, 0.4) is 0 Å². The van der Waals surface area contributed by atoms with Gasteiger partial charge in [0, 0.05) is 48.8 Å². The Morgan fingerprint density at radius 1 is 1.06 bits per heavy atom. The third kappa shape index (κ3) is 3.87. The summed E-state index contributed by atoms with van der Waals surface area (Å²) in [5.41, 5.74) is 1.44. The number of aromatic nitrogens is 3. The van der Waals surface area contributed by atoms with Crippen molar-refractivity contribution in [3.05, 3.63) is 69.2 Å². The number of rotatable bonds is 3. The predicted molar refractivity (Wildman–Crippen MR) is 121 cm³/mol. The first-order valence-corrected chi connectivity index (χ1v) is 11.3. The maximum absolute atomic E-state index is 13.0. The zero-order chi connectivity index (χ0) is 22.2. The molecule has 11 heteroatoms. The van der Waals surface area contributed by atoms with E-state index in [1.165, 1.54) is 0 Å². The first-order chi connectivity index (χ1) is 15.5. The molecule has 2 aliphatic rings. The normalized spacial score (nSPS) is 19.2. The largest absolute Gasteiger partial charge is 0.323 e. The van der Waals surface area contributed by atoms with Crippen LogP contribution in [0.2, 0.25) is 5.02 Å². The molecule has 0 spiro atoms. The summed E-state index contributed by atoms with van der Waals surface area (Å²) in [5, 5.41) is 10.0. The Balaban J connectivity index is 1.30. The molecule has 5 rings (SSSR count). The van der Waals surface area contributed by atoms with E-state index in [9.17, 15) is 14.4 Å². The number of fused-ring (bicyclic) bond motifs is 4. The summed E-state index contributed by atoms with van der Waals surface area (Å²) in [4.78, 5) is 39.6. The lowest BCUT2D eigenvalue weighted by Crippen LogP contribution is -2.50. The fraction of sp³-hybridized carbons (Fsp3) is 0.286. The molecule has 2 unspecified atom stereocenters. The van der Waals surface area contributed by atoms with Crippen LogP contribution in [0.4, 0.5) is 15.5 Å². The molecule has 2 atom stereocenters. The van der Waals surface area contributed by atoms with Crippen molar-refractivity contribution in [2.24, 2.45) is 5.92 Å². The molecule has 2 aliphatic heterocycles. The molecule has 2 aromatic heterocycles. The number of amides is 3. The highest BCUT2D eigenvalue weighted by molar-refractivity contribution is 7.10. The molecule has 2 bridgehead atoms. The average molecular weight is 471 g/mol. The molecule has 0 radical (unpaired) electrons. The van der Waals surface area contributed by atoms with E-state index in [-0.39, 0.29) is 34.1 Å². The fourth-order valence-corrected chi connectivity index (χ4v) is 5.14. The molecule has 3 amide bonds. The van der Waals surface area contributed by atoms with Crippen LogP contribution in [0.25, 0.3) is 0 Å². The van der Waals surface area contributed by atoms with Crippen molar-refractivity contribution in [2.75, 3.05) is 23.7 Å². The molecule has 1 saturated heterocycles. The Morgan fingerprint density at radius 2 is 1.91 bits per heavy atom. The summed E-state index contributed by atoms with van der Waals surface area (Å²) < 4.78 is 5.65. The van der Waals surface area contributed by atoms with Gasteiger partial charge in [-0.1, -0.05) is 34.3 Å². The molecule has 32 heavy (non-hydrogen) atoms. The SMILES string of the molecule is O=C(Nc1ccccc1Cl)c1nnsc1NC(=O)N1CC2CC(C1)c1cccc(=O)n1C2. The first-order valence-electron chi connectivity index (χ1n) is 10.1. The van der Waals surface area contributed by atoms with Crippen molar-refractivity contribution in [1.29, 1.82) is 0 Å². The van der Waals surface area contributed by atoms with Crippen molar-refractivity contribution in [2.45, 2.75) is 18.9 Å². The number of carbonyl (C=O) groups excluding carboxylic acids is 2. The molecular weight excluding hydrogens is 452 g/mol. The van der Waals surface area contributed by atoms with E-state index in [0.717, 1.165) is 23.6 Å². The number of piperidine rings is 1. The van der Waals surface area contributed by atoms with Gasteiger partial charge in [-0.25, -0.2) is 4.79 Å². The monoisotopic (exact) mass is 470 g/mol. The van der Waals surface area contributed by atoms with Crippen LogP contribution in [0.15, 0.2) is 47.3 Å². The Kier molecular flexibility index (Phi) is 5.40. The zero-order valence-corrected chi connectivity index (χ0v) is 18.4. The molecule has 0 saturated carbocycles. The second-order valence-electron chi connectivity index (χ2n) is 7.92.